The zero-order valence-electron chi connectivity index (χ0n) is 15.4. The average Bonchev–Trinajstić information content (AvgIpc) is 3.28. The van der Waals surface area contributed by atoms with E-state index in [9.17, 15) is 0 Å². The van der Waals surface area contributed by atoms with Gasteiger partial charge in [0, 0.05) is 18.5 Å². The molecule has 1 N–H and O–H groups in total. The molecule has 0 amide bonds. The van der Waals surface area contributed by atoms with Crippen LogP contribution in [0.4, 0.5) is 0 Å². The van der Waals surface area contributed by atoms with Gasteiger partial charge in [0.25, 0.3) is 0 Å². The number of likely N-dealkylation sites (tertiary alicyclic amines) is 1. The third-order valence-electron chi connectivity index (χ3n) is 5.59. The lowest BCUT2D eigenvalue weighted by Gasteiger charge is -2.33. The quantitative estimate of drug-likeness (QED) is 0.842. The molecular weight excluding hydrogens is 346 g/mol. The Balaban J connectivity index is 1.28. The Labute approximate surface area is 159 Å². The van der Waals surface area contributed by atoms with Crippen molar-refractivity contribution < 1.29 is 9.47 Å². The molecule has 0 unspecified atom stereocenters. The number of aromatic nitrogens is 1. The Morgan fingerprint density at radius 3 is 2.69 bits per heavy atom. The summed E-state index contributed by atoms with van der Waals surface area (Å²) in [7, 11) is 1.67. The fourth-order valence-corrected chi connectivity index (χ4v) is 4.76. The Morgan fingerprint density at radius 1 is 1.15 bits per heavy atom. The summed E-state index contributed by atoms with van der Waals surface area (Å²) in [5.41, 5.74) is 1.73. The molecule has 1 aromatic heterocycles. The molecular formula is C20H27N3O2S. The van der Waals surface area contributed by atoms with Crippen molar-refractivity contribution in [2.45, 2.75) is 32.4 Å². The summed E-state index contributed by atoms with van der Waals surface area (Å²) in [4.78, 5) is 7.35. The molecule has 4 rings (SSSR count). The first-order valence-electron chi connectivity index (χ1n) is 9.38. The van der Waals surface area contributed by atoms with Gasteiger partial charge in [0.15, 0.2) is 0 Å². The lowest BCUT2D eigenvalue weighted by molar-refractivity contribution is 0.193. The van der Waals surface area contributed by atoms with E-state index in [-0.39, 0.29) is 0 Å². The van der Waals surface area contributed by atoms with Crippen LogP contribution in [-0.2, 0) is 13.2 Å². The molecule has 2 fully saturated rings. The molecule has 1 spiro atoms. The molecule has 2 aromatic rings. The van der Waals surface area contributed by atoms with Gasteiger partial charge in [-0.3, -0.25) is 4.90 Å². The monoisotopic (exact) mass is 373 g/mol. The van der Waals surface area contributed by atoms with E-state index in [1.807, 2.05) is 24.3 Å². The molecule has 2 saturated heterocycles. The second-order valence-electron chi connectivity index (χ2n) is 7.41. The second kappa shape index (κ2) is 7.94. The molecule has 0 bridgehead atoms. The van der Waals surface area contributed by atoms with E-state index < -0.39 is 0 Å². The van der Waals surface area contributed by atoms with E-state index in [1.165, 1.54) is 51.1 Å². The first-order valence-corrected chi connectivity index (χ1v) is 10.3. The standard InChI is InChI=1S/C20H27N3O2S/c1-24-17-2-4-18(5-3-17)25-13-19-22-16(14-26-19)12-23-11-8-20(15-23)6-9-21-10-7-20/h2-5,14,21H,6-13,15H2,1H3. The maximum absolute atomic E-state index is 5.84. The van der Waals surface area contributed by atoms with E-state index in [0.717, 1.165) is 23.1 Å². The Hall–Kier alpha value is -1.63. The summed E-state index contributed by atoms with van der Waals surface area (Å²) in [5.74, 6) is 1.68. The molecule has 26 heavy (non-hydrogen) atoms. The van der Waals surface area contributed by atoms with E-state index in [1.54, 1.807) is 18.4 Å². The van der Waals surface area contributed by atoms with Gasteiger partial charge in [-0.25, -0.2) is 4.98 Å². The number of hydrogen-bond donors (Lipinski definition) is 1. The van der Waals surface area contributed by atoms with Crippen LogP contribution in [-0.4, -0.2) is 43.2 Å². The molecule has 3 heterocycles. The number of benzene rings is 1. The minimum atomic E-state index is 0.520. The predicted molar refractivity (Wildman–Crippen MR) is 104 cm³/mol. The highest BCUT2D eigenvalue weighted by molar-refractivity contribution is 7.09. The van der Waals surface area contributed by atoms with Gasteiger partial charge < -0.3 is 14.8 Å². The van der Waals surface area contributed by atoms with Crippen LogP contribution in [0.25, 0.3) is 0 Å². The number of methoxy groups -OCH3 is 1. The Bertz CT molecular complexity index is 710. The summed E-state index contributed by atoms with van der Waals surface area (Å²) < 4.78 is 11.0. The highest BCUT2D eigenvalue weighted by atomic mass is 32.1. The normalized spacial score (nSPS) is 19.7. The smallest absolute Gasteiger partial charge is 0.140 e. The zero-order chi connectivity index (χ0) is 17.8. The molecule has 0 saturated carbocycles. The minimum absolute atomic E-state index is 0.520. The van der Waals surface area contributed by atoms with Crippen molar-refractivity contribution in [3.05, 3.63) is 40.3 Å². The minimum Gasteiger partial charge on any atom is -0.497 e. The fraction of sp³-hybridized carbons (Fsp3) is 0.550. The van der Waals surface area contributed by atoms with Gasteiger partial charge in [-0.05, 0) is 68.6 Å². The van der Waals surface area contributed by atoms with Crippen LogP contribution in [0.15, 0.2) is 29.6 Å². The van der Waals surface area contributed by atoms with Crippen molar-refractivity contribution in [2.24, 2.45) is 5.41 Å². The lowest BCUT2D eigenvalue weighted by Crippen LogP contribution is -2.38. The number of nitrogens with zero attached hydrogens (tertiary/aromatic N) is 2. The van der Waals surface area contributed by atoms with Gasteiger partial charge in [0.1, 0.15) is 23.1 Å². The van der Waals surface area contributed by atoms with E-state index >= 15 is 0 Å². The first kappa shape index (κ1) is 17.8. The van der Waals surface area contributed by atoms with Crippen molar-refractivity contribution in [3.8, 4) is 11.5 Å². The summed E-state index contributed by atoms with van der Waals surface area (Å²) in [6.45, 7) is 6.27. The SMILES string of the molecule is COc1ccc(OCc2nc(CN3CCC4(CCNCC4)C3)cs2)cc1. The average molecular weight is 374 g/mol. The number of nitrogens with one attached hydrogen (secondary N) is 1. The highest BCUT2D eigenvalue weighted by Crippen LogP contribution is 2.39. The van der Waals surface area contributed by atoms with Crippen LogP contribution in [0, 0.1) is 5.41 Å². The number of thiazole rings is 1. The van der Waals surface area contributed by atoms with Crippen molar-refractivity contribution >= 4 is 11.3 Å². The van der Waals surface area contributed by atoms with Gasteiger partial charge >= 0.3 is 0 Å². The number of hydrogen-bond acceptors (Lipinski definition) is 6. The third-order valence-corrected chi connectivity index (χ3v) is 6.46. The number of ether oxygens (including phenoxy) is 2. The molecule has 0 atom stereocenters. The van der Waals surface area contributed by atoms with E-state index in [4.69, 9.17) is 14.5 Å². The molecule has 0 aliphatic carbocycles. The van der Waals surface area contributed by atoms with Gasteiger partial charge in [-0.1, -0.05) is 0 Å². The van der Waals surface area contributed by atoms with Crippen LogP contribution in [0.5, 0.6) is 11.5 Å². The molecule has 5 nitrogen and oxygen atoms in total. The van der Waals surface area contributed by atoms with Gasteiger partial charge in [0.05, 0.1) is 12.8 Å². The lowest BCUT2D eigenvalue weighted by atomic mass is 9.78. The third kappa shape index (κ3) is 4.19. The maximum atomic E-state index is 5.84. The fourth-order valence-electron chi connectivity index (χ4n) is 4.06. The van der Waals surface area contributed by atoms with Crippen molar-refractivity contribution in [3.63, 3.8) is 0 Å². The molecule has 1 aromatic carbocycles. The van der Waals surface area contributed by atoms with Gasteiger partial charge in [-0.15, -0.1) is 11.3 Å². The summed E-state index contributed by atoms with van der Waals surface area (Å²) in [5, 5.41) is 6.70. The largest absolute Gasteiger partial charge is 0.497 e. The topological polar surface area (TPSA) is 46.6 Å². The van der Waals surface area contributed by atoms with Crippen LogP contribution in [0.2, 0.25) is 0 Å². The van der Waals surface area contributed by atoms with Crippen molar-refractivity contribution in [2.75, 3.05) is 33.3 Å². The van der Waals surface area contributed by atoms with E-state index in [0.29, 0.717) is 12.0 Å². The molecule has 140 valence electrons. The van der Waals surface area contributed by atoms with Gasteiger partial charge in [-0.2, -0.15) is 0 Å². The number of piperidine rings is 1. The van der Waals surface area contributed by atoms with Crippen LogP contribution >= 0.6 is 11.3 Å². The molecule has 2 aliphatic heterocycles. The Kier molecular flexibility index (Phi) is 5.43. The number of rotatable bonds is 6. The van der Waals surface area contributed by atoms with Gasteiger partial charge in [0.2, 0.25) is 0 Å². The first-order chi connectivity index (χ1) is 12.7. The van der Waals surface area contributed by atoms with Crippen molar-refractivity contribution in [1.82, 2.24) is 15.2 Å². The highest BCUT2D eigenvalue weighted by Gasteiger charge is 2.38. The van der Waals surface area contributed by atoms with Crippen molar-refractivity contribution in [1.29, 1.82) is 0 Å². The molecule has 2 aliphatic rings. The van der Waals surface area contributed by atoms with E-state index in [2.05, 4.69) is 15.6 Å². The molecule has 6 heteroatoms. The summed E-state index contributed by atoms with van der Waals surface area (Å²) in [6, 6.07) is 7.67. The molecule has 0 radical (unpaired) electrons. The summed E-state index contributed by atoms with van der Waals surface area (Å²) in [6.07, 6.45) is 3.98. The van der Waals surface area contributed by atoms with Crippen LogP contribution in [0.1, 0.15) is 30.0 Å². The summed E-state index contributed by atoms with van der Waals surface area (Å²) >= 11 is 1.69. The second-order valence-corrected chi connectivity index (χ2v) is 8.35. The Morgan fingerprint density at radius 2 is 1.92 bits per heavy atom. The zero-order valence-corrected chi connectivity index (χ0v) is 16.2. The van der Waals surface area contributed by atoms with Crippen LogP contribution < -0.4 is 14.8 Å². The van der Waals surface area contributed by atoms with Crippen LogP contribution in [0.3, 0.4) is 0 Å². The predicted octanol–water partition coefficient (Wildman–Crippen LogP) is 3.31. The maximum Gasteiger partial charge on any atom is 0.140 e.